The van der Waals surface area contributed by atoms with Crippen LogP contribution in [0.15, 0.2) is 72.4 Å². The largest absolute Gasteiger partial charge is 0.490 e. The minimum Gasteiger partial charge on any atom is -0.490 e. The number of alkyl carbamates (subject to hydrolysis) is 1. The van der Waals surface area contributed by atoms with E-state index in [9.17, 15) is 27.6 Å². The Labute approximate surface area is 314 Å². The van der Waals surface area contributed by atoms with Crippen molar-refractivity contribution < 1.29 is 41.9 Å². The van der Waals surface area contributed by atoms with Gasteiger partial charge >= 0.3 is 6.09 Å². The Bertz CT molecular complexity index is 2050. The summed E-state index contributed by atoms with van der Waals surface area (Å²) in [4.78, 5) is 62.8. The molecule has 3 N–H and O–H groups in total. The van der Waals surface area contributed by atoms with E-state index >= 15 is 0 Å². The first-order valence-corrected chi connectivity index (χ1v) is 19.8. The summed E-state index contributed by atoms with van der Waals surface area (Å²) in [7, 11) is -3.90. The van der Waals surface area contributed by atoms with Crippen molar-refractivity contribution in [2.45, 2.75) is 81.9 Å². The van der Waals surface area contributed by atoms with Crippen LogP contribution in [0.2, 0.25) is 0 Å². The van der Waals surface area contributed by atoms with Crippen molar-refractivity contribution in [2.75, 3.05) is 19.8 Å². The fourth-order valence-electron chi connectivity index (χ4n) is 7.25. The maximum absolute atomic E-state index is 14.5. The predicted molar refractivity (Wildman–Crippen MR) is 199 cm³/mol. The zero-order chi connectivity index (χ0) is 38.4. The highest BCUT2D eigenvalue weighted by molar-refractivity contribution is 7.91. The number of carbonyl (C=O) groups is 4. The Morgan fingerprint density at radius 1 is 1.04 bits per heavy atom. The number of rotatable bonds is 6. The normalized spacial score (nSPS) is 28.4. The van der Waals surface area contributed by atoms with Crippen molar-refractivity contribution in [1.29, 1.82) is 0 Å². The molecule has 0 radical (unpaired) electrons. The molecule has 15 heteroatoms. The van der Waals surface area contributed by atoms with Gasteiger partial charge in [0.05, 0.1) is 18.4 Å². The van der Waals surface area contributed by atoms with Crippen molar-refractivity contribution in [3.8, 4) is 16.9 Å². The zero-order valence-corrected chi connectivity index (χ0v) is 31.3. The number of sulfonamides is 1. The quantitative estimate of drug-likeness (QED) is 0.317. The number of carbonyl (C=O) groups excluding carboxylic acids is 4. The van der Waals surface area contributed by atoms with E-state index in [-0.39, 0.29) is 32.6 Å². The molecule has 3 aliphatic carbocycles. The second kappa shape index (κ2) is 14.2. The van der Waals surface area contributed by atoms with Gasteiger partial charge in [0.25, 0.3) is 5.91 Å². The van der Waals surface area contributed by atoms with Gasteiger partial charge in [0.1, 0.15) is 41.8 Å². The predicted octanol–water partition coefficient (Wildman–Crippen LogP) is 3.55. The summed E-state index contributed by atoms with van der Waals surface area (Å²) in [5.41, 5.74) is 1.76. The van der Waals surface area contributed by atoms with Crippen LogP contribution < -0.4 is 20.1 Å². The van der Waals surface area contributed by atoms with Gasteiger partial charge in [-0.25, -0.2) is 13.2 Å². The molecule has 0 aromatic heterocycles. The van der Waals surface area contributed by atoms with Crippen molar-refractivity contribution >= 4 is 39.5 Å². The highest BCUT2D eigenvalue weighted by Gasteiger charge is 2.62. The van der Waals surface area contributed by atoms with Crippen molar-refractivity contribution in [3.63, 3.8) is 0 Å². The van der Waals surface area contributed by atoms with Crippen LogP contribution in [0.1, 0.15) is 64.0 Å². The number of fused-ring (bicyclic) bond motifs is 6. The fourth-order valence-corrected chi connectivity index (χ4v) is 8.61. The third-order valence-corrected chi connectivity index (χ3v) is 12.3. The molecule has 0 spiro atoms. The van der Waals surface area contributed by atoms with Crippen LogP contribution in [0.3, 0.4) is 0 Å². The molecule has 5 aliphatic rings. The standard InChI is InChI=1S/C39H45N5O9S/c1-5-23-21-39(23,36(47)43-54(49,50)26-14-15-26)41-34(45)31-20-25-22-44(31)35(46)33(38(2,3)4)40-37(48)52-18-10-6-9-17-51-24-13-16-28-27-11-7-8-12-29(27)32(42-53-25)30(28)19-24/h5-9,11-13,16,19,23,25-26,31,33H,1,10,14-15,17-18,20-22H2,2-4H3,(H,40,48)(H,41,45)(H,43,47)/b9-6+,42-32-/t23-,25?,31?,33-,39?/m1/s1. The van der Waals surface area contributed by atoms with E-state index in [0.717, 1.165) is 22.3 Å². The number of cyclic esters (lactones) is 1. The van der Waals surface area contributed by atoms with Gasteiger partial charge in [-0.05, 0) is 60.4 Å². The molecule has 1 saturated heterocycles. The lowest BCUT2D eigenvalue weighted by Gasteiger charge is -2.35. The van der Waals surface area contributed by atoms with E-state index in [2.05, 4.69) is 27.1 Å². The van der Waals surface area contributed by atoms with Crippen LogP contribution in [-0.4, -0.2) is 91.6 Å². The summed E-state index contributed by atoms with van der Waals surface area (Å²) in [6, 6.07) is 11.3. The van der Waals surface area contributed by atoms with E-state index in [1.54, 1.807) is 20.8 Å². The molecule has 54 heavy (non-hydrogen) atoms. The number of nitrogens with one attached hydrogen (secondary N) is 3. The maximum Gasteiger partial charge on any atom is 0.407 e. The summed E-state index contributed by atoms with van der Waals surface area (Å²) in [6.45, 7) is 9.39. The smallest absolute Gasteiger partial charge is 0.407 e. The van der Waals surface area contributed by atoms with Crippen molar-refractivity contribution in [2.24, 2.45) is 16.5 Å². The second-order valence-electron chi connectivity index (χ2n) is 15.5. The first-order chi connectivity index (χ1) is 25.7. The highest BCUT2D eigenvalue weighted by atomic mass is 32.2. The summed E-state index contributed by atoms with van der Waals surface area (Å²) < 4.78 is 39.0. The summed E-state index contributed by atoms with van der Waals surface area (Å²) in [6.07, 6.45) is 5.05. The molecule has 2 aromatic carbocycles. The van der Waals surface area contributed by atoms with Crippen LogP contribution in [-0.2, 0) is 34.0 Å². The van der Waals surface area contributed by atoms with E-state index < -0.39 is 74.1 Å². The van der Waals surface area contributed by atoms with Gasteiger partial charge in [0.15, 0.2) is 0 Å². The Kier molecular flexibility index (Phi) is 9.79. The zero-order valence-electron chi connectivity index (χ0n) is 30.5. The average Bonchev–Trinajstić information content (AvgIpc) is 4.04. The number of ether oxygens (including phenoxy) is 2. The highest BCUT2D eigenvalue weighted by Crippen LogP contribution is 2.46. The van der Waals surface area contributed by atoms with E-state index in [4.69, 9.17) is 14.3 Å². The van der Waals surface area contributed by atoms with E-state index in [0.29, 0.717) is 30.7 Å². The number of oxime groups is 1. The Balaban J connectivity index is 1.22. The Morgan fingerprint density at radius 2 is 1.78 bits per heavy atom. The molecule has 2 saturated carbocycles. The molecule has 3 unspecified atom stereocenters. The Morgan fingerprint density at radius 3 is 2.48 bits per heavy atom. The molecular formula is C39H45N5O9S. The molecule has 2 aliphatic heterocycles. The summed E-state index contributed by atoms with van der Waals surface area (Å²) in [5.74, 6) is -1.99. The number of amides is 4. The van der Waals surface area contributed by atoms with Gasteiger partial charge in [-0.3, -0.25) is 19.1 Å². The lowest BCUT2D eigenvalue weighted by molar-refractivity contribution is -0.143. The van der Waals surface area contributed by atoms with E-state index in [1.807, 2.05) is 54.6 Å². The molecule has 3 fully saturated rings. The monoisotopic (exact) mass is 759 g/mol. The maximum atomic E-state index is 14.5. The first kappa shape index (κ1) is 37.1. The molecule has 286 valence electrons. The number of nitrogens with zero attached hydrogens (tertiary/aromatic N) is 2. The fraction of sp³-hybridized carbons (Fsp3) is 0.462. The number of benzene rings is 2. The average molecular weight is 760 g/mol. The molecule has 14 nitrogen and oxygen atoms in total. The van der Waals surface area contributed by atoms with Gasteiger partial charge in [-0.15, -0.1) is 6.58 Å². The Hall–Kier alpha value is -5.18. The lowest BCUT2D eigenvalue weighted by Crippen LogP contribution is -2.60. The minimum absolute atomic E-state index is 0.00415. The summed E-state index contributed by atoms with van der Waals surface area (Å²) in [5, 5.41) is 9.47. The van der Waals surface area contributed by atoms with Crippen molar-refractivity contribution in [1.82, 2.24) is 20.3 Å². The number of hydrogen-bond donors (Lipinski definition) is 3. The molecule has 2 heterocycles. The topological polar surface area (TPSA) is 182 Å². The molecule has 5 atom stereocenters. The summed E-state index contributed by atoms with van der Waals surface area (Å²) >= 11 is 0. The van der Waals surface area contributed by atoms with Crippen LogP contribution in [0.25, 0.3) is 11.1 Å². The minimum atomic E-state index is -3.90. The molecule has 7 rings (SSSR count). The van der Waals surface area contributed by atoms with Gasteiger partial charge in [-0.2, -0.15) is 0 Å². The third-order valence-electron chi connectivity index (χ3n) is 10.5. The first-order valence-electron chi connectivity index (χ1n) is 18.2. The SMILES string of the molecule is C=C[C@@H]1CC1(NC(=O)C1CC2CN1C(=O)[C@H](C(C)(C)C)NC(=O)OCC/C=C/COc1ccc3c(c1)/C(=N\O2)c1ccccc1-3)C(=O)NS(=O)(=O)C1CC1. The van der Waals surface area contributed by atoms with Crippen molar-refractivity contribution in [3.05, 3.63) is 78.4 Å². The molecule has 2 aromatic rings. The second-order valence-corrected chi connectivity index (χ2v) is 17.5. The number of hydrogen-bond acceptors (Lipinski definition) is 10. The van der Waals surface area contributed by atoms with E-state index in [1.165, 1.54) is 11.0 Å². The molecular weight excluding hydrogens is 715 g/mol. The lowest BCUT2D eigenvalue weighted by atomic mass is 9.85. The van der Waals surface area contributed by atoms with Crippen LogP contribution in [0, 0.1) is 11.3 Å². The molecule has 4 bridgehead atoms. The third kappa shape index (κ3) is 7.33. The van der Waals surface area contributed by atoms with Crippen LogP contribution >= 0.6 is 0 Å². The van der Waals surface area contributed by atoms with Crippen LogP contribution in [0.4, 0.5) is 4.79 Å². The van der Waals surface area contributed by atoms with Crippen LogP contribution in [0.5, 0.6) is 5.75 Å². The molecule has 4 amide bonds. The van der Waals surface area contributed by atoms with Gasteiger partial charge < -0.3 is 29.8 Å². The van der Waals surface area contributed by atoms with Gasteiger partial charge in [0.2, 0.25) is 21.8 Å². The van der Waals surface area contributed by atoms with Gasteiger partial charge in [-0.1, -0.05) is 68.4 Å². The van der Waals surface area contributed by atoms with Gasteiger partial charge in [0, 0.05) is 23.5 Å².